The van der Waals surface area contributed by atoms with Gasteiger partial charge in [0.25, 0.3) is 12.4 Å². The molecule has 1 spiro atoms. The second-order valence-electron chi connectivity index (χ2n) is 8.45. The Balaban J connectivity index is 0.000000868. The number of nitrogens with zero attached hydrogens (tertiary/aromatic N) is 4. The fourth-order valence-corrected chi connectivity index (χ4v) is 5.07. The Morgan fingerprint density at radius 1 is 1.24 bits per heavy atom. The van der Waals surface area contributed by atoms with E-state index in [4.69, 9.17) is 9.90 Å². The average molecular weight is 463 g/mol. The molecule has 2 aliphatic heterocycles. The molecule has 5 rings (SSSR count). The van der Waals surface area contributed by atoms with E-state index in [2.05, 4.69) is 10.4 Å². The Morgan fingerprint density at radius 3 is 2.62 bits per heavy atom. The van der Waals surface area contributed by atoms with E-state index < -0.39 is 11.5 Å². The number of aromatic nitrogens is 3. The van der Waals surface area contributed by atoms with Gasteiger partial charge in [0, 0.05) is 55.9 Å². The quantitative estimate of drug-likeness (QED) is 0.556. The number of hydrogen-bond donors (Lipinski definition) is 2. The van der Waals surface area contributed by atoms with Crippen LogP contribution in [0, 0.1) is 6.92 Å². The van der Waals surface area contributed by atoms with Gasteiger partial charge in [0.1, 0.15) is 11.1 Å². The summed E-state index contributed by atoms with van der Waals surface area (Å²) < 4.78 is 3.39. The second kappa shape index (κ2) is 8.62. The summed E-state index contributed by atoms with van der Waals surface area (Å²) in [5.41, 5.74) is 2.35. The number of amides is 2. The van der Waals surface area contributed by atoms with E-state index in [-0.39, 0.29) is 23.7 Å². The molecule has 3 aromatic rings. The van der Waals surface area contributed by atoms with Gasteiger partial charge >= 0.3 is 0 Å². The molecule has 10 heteroatoms. The highest BCUT2D eigenvalue weighted by Crippen LogP contribution is 2.54. The van der Waals surface area contributed by atoms with Crippen LogP contribution in [0.5, 0.6) is 0 Å². The molecule has 0 aliphatic carbocycles. The van der Waals surface area contributed by atoms with Crippen molar-refractivity contribution in [1.29, 1.82) is 0 Å². The van der Waals surface area contributed by atoms with Crippen LogP contribution < -0.4 is 10.7 Å². The van der Waals surface area contributed by atoms with Gasteiger partial charge in [-0.15, -0.1) is 0 Å². The van der Waals surface area contributed by atoms with Crippen LogP contribution in [0.1, 0.15) is 39.8 Å². The fourth-order valence-electron chi connectivity index (χ4n) is 5.07. The second-order valence-corrected chi connectivity index (χ2v) is 8.45. The molecule has 1 fully saturated rings. The predicted octanol–water partition coefficient (Wildman–Crippen LogP) is 1.61. The summed E-state index contributed by atoms with van der Waals surface area (Å²) >= 11 is 0. The van der Waals surface area contributed by atoms with E-state index in [9.17, 15) is 14.4 Å². The molecule has 1 saturated heterocycles. The number of pyridine rings is 1. The number of likely N-dealkylation sites (tertiary alicyclic amines) is 1. The lowest BCUT2D eigenvalue weighted by Crippen LogP contribution is -2.43. The van der Waals surface area contributed by atoms with Crippen molar-refractivity contribution < 1.29 is 19.5 Å². The van der Waals surface area contributed by atoms with E-state index in [0.29, 0.717) is 24.4 Å². The van der Waals surface area contributed by atoms with Crippen LogP contribution in [0.25, 0.3) is 0 Å². The Kier molecular flexibility index (Phi) is 5.82. The molecule has 2 aliphatic rings. The SMILES string of the molecule is Cc1cc(=O)cc(C(=O)N2CC[C@]3(C(=O)Nc4ccccc43)[C@@H]2c2cnn(C)c2)n1C.O=CO. The predicted molar refractivity (Wildman–Crippen MR) is 123 cm³/mol. The lowest BCUT2D eigenvalue weighted by atomic mass is 9.73. The van der Waals surface area contributed by atoms with Crippen LogP contribution in [0.2, 0.25) is 0 Å². The maximum atomic E-state index is 13.7. The maximum Gasteiger partial charge on any atom is 0.290 e. The molecule has 2 amide bonds. The lowest BCUT2D eigenvalue weighted by molar-refractivity contribution is -0.123. The third-order valence-electron chi connectivity index (χ3n) is 6.63. The first-order chi connectivity index (χ1) is 16.2. The van der Waals surface area contributed by atoms with Gasteiger partial charge in [-0.3, -0.25) is 23.9 Å². The minimum Gasteiger partial charge on any atom is -0.483 e. The Hall–Kier alpha value is -4.21. The molecular formula is C24H25N5O5. The highest BCUT2D eigenvalue weighted by molar-refractivity contribution is 6.08. The van der Waals surface area contributed by atoms with Crippen LogP contribution in [0.15, 0.2) is 53.6 Å². The van der Waals surface area contributed by atoms with Gasteiger partial charge in [0.15, 0.2) is 5.43 Å². The molecule has 0 bridgehead atoms. The summed E-state index contributed by atoms with van der Waals surface area (Å²) in [6.07, 6.45) is 4.05. The number of carbonyl (C=O) groups excluding carboxylic acids is 2. The highest BCUT2D eigenvalue weighted by atomic mass is 16.3. The van der Waals surface area contributed by atoms with Crippen LogP contribution in [0.4, 0.5) is 5.69 Å². The van der Waals surface area contributed by atoms with E-state index in [1.165, 1.54) is 12.1 Å². The minimum absolute atomic E-state index is 0.115. The number of benzene rings is 1. The number of rotatable bonds is 2. The highest BCUT2D eigenvalue weighted by Gasteiger charge is 2.59. The molecule has 2 N–H and O–H groups in total. The molecule has 176 valence electrons. The fraction of sp³-hybridized carbons (Fsp3) is 0.292. The van der Waals surface area contributed by atoms with E-state index in [0.717, 1.165) is 16.8 Å². The van der Waals surface area contributed by atoms with Crippen molar-refractivity contribution in [3.05, 3.63) is 81.5 Å². The van der Waals surface area contributed by atoms with Gasteiger partial charge in [-0.05, 0) is 25.0 Å². The molecule has 0 unspecified atom stereocenters. The summed E-state index contributed by atoms with van der Waals surface area (Å²) in [6.45, 7) is 1.94. The minimum atomic E-state index is -0.905. The Labute approximate surface area is 195 Å². The van der Waals surface area contributed by atoms with E-state index in [1.54, 1.807) is 34.3 Å². The monoisotopic (exact) mass is 463 g/mol. The molecule has 1 aromatic carbocycles. The number of carboxylic acid groups (broad SMARTS) is 1. The Morgan fingerprint density at radius 2 is 1.94 bits per heavy atom. The molecule has 2 atom stereocenters. The number of nitrogens with one attached hydrogen (secondary N) is 1. The standard InChI is InChI=1S/C23H23N5O3.CH2O2/c1-14-10-16(29)11-19(27(14)3)21(30)28-9-8-23(20(28)15-12-24-26(2)13-15)17-6-4-5-7-18(17)25-22(23)31;2-1-3/h4-7,10-13,20H,8-9H2,1-3H3,(H,25,31);1H,(H,2,3)/t20-,23+;/m0./s1. The van der Waals surface area contributed by atoms with Crippen LogP contribution >= 0.6 is 0 Å². The van der Waals surface area contributed by atoms with Crippen molar-refractivity contribution in [3.63, 3.8) is 0 Å². The molecule has 0 radical (unpaired) electrons. The van der Waals surface area contributed by atoms with E-state index in [1.807, 2.05) is 37.5 Å². The number of carbonyl (C=O) groups is 3. The van der Waals surface area contributed by atoms with Crippen molar-refractivity contribution in [2.24, 2.45) is 14.1 Å². The van der Waals surface area contributed by atoms with Gasteiger partial charge < -0.3 is 19.9 Å². The lowest BCUT2D eigenvalue weighted by Gasteiger charge is -2.33. The summed E-state index contributed by atoms with van der Waals surface area (Å²) in [6, 6.07) is 9.97. The van der Waals surface area contributed by atoms with Crippen LogP contribution in [0.3, 0.4) is 0 Å². The summed E-state index contributed by atoms with van der Waals surface area (Å²) in [5.74, 6) is -0.387. The number of para-hydroxylation sites is 1. The van der Waals surface area contributed by atoms with Crippen molar-refractivity contribution in [2.75, 3.05) is 11.9 Å². The zero-order valence-corrected chi connectivity index (χ0v) is 19.1. The molecule has 0 saturated carbocycles. The number of aryl methyl sites for hydroxylation is 2. The van der Waals surface area contributed by atoms with Crippen molar-refractivity contribution >= 4 is 24.0 Å². The van der Waals surface area contributed by atoms with Gasteiger partial charge in [0.05, 0.1) is 12.2 Å². The van der Waals surface area contributed by atoms with Gasteiger partial charge in [0.2, 0.25) is 5.91 Å². The first-order valence-corrected chi connectivity index (χ1v) is 10.7. The molecule has 34 heavy (non-hydrogen) atoms. The third-order valence-corrected chi connectivity index (χ3v) is 6.63. The van der Waals surface area contributed by atoms with Crippen LogP contribution in [-0.4, -0.2) is 49.2 Å². The molecule has 10 nitrogen and oxygen atoms in total. The summed E-state index contributed by atoms with van der Waals surface area (Å²) in [4.78, 5) is 49.3. The van der Waals surface area contributed by atoms with Crippen molar-refractivity contribution in [2.45, 2.75) is 24.8 Å². The largest absolute Gasteiger partial charge is 0.483 e. The number of anilines is 1. The zero-order chi connectivity index (χ0) is 24.6. The summed E-state index contributed by atoms with van der Waals surface area (Å²) in [7, 11) is 3.58. The third kappa shape index (κ3) is 3.47. The maximum absolute atomic E-state index is 13.7. The number of fused-ring (bicyclic) bond motifs is 2. The normalized spacial score (nSPS) is 20.5. The van der Waals surface area contributed by atoms with Gasteiger partial charge in [-0.1, -0.05) is 18.2 Å². The topological polar surface area (TPSA) is 127 Å². The van der Waals surface area contributed by atoms with Crippen LogP contribution in [-0.2, 0) is 29.1 Å². The Bertz CT molecular complexity index is 1340. The van der Waals surface area contributed by atoms with E-state index >= 15 is 0 Å². The first kappa shape index (κ1) is 23.0. The first-order valence-electron chi connectivity index (χ1n) is 10.7. The molecular weight excluding hydrogens is 438 g/mol. The molecule has 2 aromatic heterocycles. The summed E-state index contributed by atoms with van der Waals surface area (Å²) in [5, 5.41) is 14.2. The van der Waals surface area contributed by atoms with Gasteiger partial charge in [-0.25, -0.2) is 0 Å². The smallest absolute Gasteiger partial charge is 0.290 e. The van der Waals surface area contributed by atoms with Crippen molar-refractivity contribution in [3.8, 4) is 0 Å². The molecule has 4 heterocycles. The van der Waals surface area contributed by atoms with Crippen molar-refractivity contribution in [1.82, 2.24) is 19.2 Å². The number of hydrogen-bond acceptors (Lipinski definition) is 5. The average Bonchev–Trinajstić information content (AvgIpc) is 3.48. The van der Waals surface area contributed by atoms with Gasteiger partial charge in [-0.2, -0.15) is 5.10 Å². The zero-order valence-electron chi connectivity index (χ0n) is 19.1.